The molecule has 1 atom stereocenters. The van der Waals surface area contributed by atoms with Gasteiger partial charge in [-0.3, -0.25) is 4.79 Å². The van der Waals surface area contributed by atoms with Crippen molar-refractivity contribution in [2.24, 2.45) is 0 Å². The van der Waals surface area contributed by atoms with Crippen molar-refractivity contribution in [3.63, 3.8) is 0 Å². The molecule has 0 radical (unpaired) electrons. The number of nitrogens with zero attached hydrogens (tertiary/aromatic N) is 5. The number of hydrogen-bond donors (Lipinski definition) is 2. The van der Waals surface area contributed by atoms with E-state index in [4.69, 9.17) is 17.3 Å². The minimum Gasteiger partial charge on any atom is -0.383 e. The van der Waals surface area contributed by atoms with E-state index in [1.54, 1.807) is 6.20 Å². The number of halogens is 5. The van der Waals surface area contributed by atoms with Crippen molar-refractivity contribution in [3.05, 3.63) is 64.5 Å². The molecule has 5 rings (SSSR count). The van der Waals surface area contributed by atoms with Crippen LogP contribution in [0.5, 0.6) is 0 Å². The lowest BCUT2D eigenvalue weighted by Crippen LogP contribution is -2.34. The fourth-order valence-electron chi connectivity index (χ4n) is 4.21. The number of aryl methyl sites for hydroxylation is 1. The third-order valence-electron chi connectivity index (χ3n) is 5.91. The number of alkyl halides is 3. The Balaban J connectivity index is 1.62. The Morgan fingerprint density at radius 1 is 1.23 bits per heavy atom. The van der Waals surface area contributed by atoms with Crippen LogP contribution in [0.2, 0.25) is 5.02 Å². The smallest absolute Gasteiger partial charge is 0.383 e. The van der Waals surface area contributed by atoms with Crippen molar-refractivity contribution in [1.82, 2.24) is 24.3 Å². The summed E-state index contributed by atoms with van der Waals surface area (Å²) in [5.41, 5.74) is 5.40. The first-order valence-electron chi connectivity index (χ1n) is 10.3. The minimum absolute atomic E-state index is 0.0220. The van der Waals surface area contributed by atoms with Gasteiger partial charge in [-0.15, -0.1) is 0 Å². The number of imidazole rings is 1. The molecule has 0 saturated carbocycles. The quantitative estimate of drug-likeness (QED) is 0.400. The largest absolute Gasteiger partial charge is 0.389 e. The molecule has 0 saturated heterocycles. The van der Waals surface area contributed by atoms with Crippen LogP contribution in [-0.4, -0.2) is 36.4 Å². The molecule has 180 valence electrons. The monoisotopic (exact) mass is 505 g/mol. The van der Waals surface area contributed by atoms with Crippen LogP contribution in [0.25, 0.3) is 17.2 Å². The molecular weight excluding hydrogens is 490 g/mol. The van der Waals surface area contributed by atoms with E-state index in [9.17, 15) is 22.4 Å². The fraction of sp³-hybridized carbons (Fsp3) is 0.227. The minimum atomic E-state index is -4.37. The average Bonchev–Trinajstić information content (AvgIpc) is 3.34. The van der Waals surface area contributed by atoms with Gasteiger partial charge in [0.1, 0.15) is 28.6 Å². The molecule has 0 fully saturated rings. The van der Waals surface area contributed by atoms with Gasteiger partial charge >= 0.3 is 6.18 Å². The molecule has 13 heteroatoms. The van der Waals surface area contributed by atoms with Gasteiger partial charge in [0, 0.05) is 42.0 Å². The normalized spacial score (nSPS) is 17.6. The zero-order valence-corrected chi connectivity index (χ0v) is 18.7. The summed E-state index contributed by atoms with van der Waals surface area (Å²) in [6.07, 6.45) is -1.38. The maximum absolute atomic E-state index is 14.8. The van der Waals surface area contributed by atoms with Gasteiger partial charge in [0.15, 0.2) is 11.5 Å². The highest BCUT2D eigenvalue weighted by Gasteiger charge is 2.49. The number of benzene rings is 1. The number of aromatic nitrogens is 5. The van der Waals surface area contributed by atoms with Crippen molar-refractivity contribution < 1.29 is 22.4 Å². The molecule has 1 amide bonds. The zero-order chi connectivity index (χ0) is 25.1. The molecule has 1 aromatic carbocycles. The van der Waals surface area contributed by atoms with Crippen molar-refractivity contribution in [2.75, 3.05) is 11.1 Å². The molecule has 1 aliphatic heterocycles. The van der Waals surface area contributed by atoms with Crippen molar-refractivity contribution >= 4 is 34.8 Å². The van der Waals surface area contributed by atoms with E-state index >= 15 is 0 Å². The summed E-state index contributed by atoms with van der Waals surface area (Å²) in [4.78, 5) is 30.0. The Labute approximate surface area is 200 Å². The Kier molecular flexibility index (Phi) is 5.16. The number of rotatable bonds is 4. The number of hydrogen-bond acceptors (Lipinski definition) is 6. The summed E-state index contributed by atoms with van der Waals surface area (Å²) >= 11 is 5.85. The van der Waals surface area contributed by atoms with E-state index in [1.807, 2.05) is 0 Å². The number of fused-ring (bicyclic) bond motifs is 2. The average molecular weight is 506 g/mol. The topological polar surface area (TPSA) is 111 Å². The lowest BCUT2D eigenvalue weighted by Gasteiger charge is -2.24. The predicted octanol–water partition coefficient (Wildman–Crippen LogP) is 4.31. The standard InChI is InChI=1S/C22H16ClF4N7O/c1-21(11-3-2-10(23)8-12(11)24)15-16(28)31-17(32-18(15)33-20(21)35)14-9-34-7-6-29-19(34)13(30-14)4-5-22(25,26)27/h2-3,6-9H,4-5H2,1H3,(H3,28,31,32,33,35). The molecule has 0 bridgehead atoms. The van der Waals surface area contributed by atoms with Crippen molar-refractivity contribution in [3.8, 4) is 11.5 Å². The highest BCUT2D eigenvalue weighted by atomic mass is 35.5. The lowest BCUT2D eigenvalue weighted by molar-refractivity contribution is -0.134. The Bertz CT molecular complexity index is 1500. The van der Waals surface area contributed by atoms with Crippen LogP contribution >= 0.6 is 11.6 Å². The van der Waals surface area contributed by atoms with E-state index in [-0.39, 0.29) is 50.6 Å². The van der Waals surface area contributed by atoms with Gasteiger partial charge in [-0.25, -0.2) is 24.3 Å². The molecular formula is C22H16ClF4N7O. The number of nitrogens with two attached hydrogens (primary N) is 1. The van der Waals surface area contributed by atoms with E-state index < -0.39 is 36.2 Å². The van der Waals surface area contributed by atoms with Crippen LogP contribution in [0.1, 0.15) is 30.2 Å². The fourth-order valence-corrected chi connectivity index (χ4v) is 4.37. The molecule has 1 aliphatic rings. The van der Waals surface area contributed by atoms with Crippen LogP contribution in [0, 0.1) is 5.82 Å². The third kappa shape index (κ3) is 3.83. The number of nitrogens with one attached hydrogen (secondary N) is 1. The van der Waals surface area contributed by atoms with Crippen LogP contribution < -0.4 is 11.1 Å². The Morgan fingerprint density at radius 2 is 2.00 bits per heavy atom. The molecule has 8 nitrogen and oxygen atoms in total. The van der Waals surface area contributed by atoms with E-state index in [0.717, 1.165) is 6.07 Å². The summed E-state index contributed by atoms with van der Waals surface area (Å²) in [5.74, 6) is -1.35. The van der Waals surface area contributed by atoms with Crippen LogP contribution in [0.3, 0.4) is 0 Å². The Hall–Kier alpha value is -3.80. The van der Waals surface area contributed by atoms with Crippen LogP contribution in [0.15, 0.2) is 36.8 Å². The van der Waals surface area contributed by atoms with E-state index in [0.29, 0.717) is 0 Å². The van der Waals surface area contributed by atoms with Crippen molar-refractivity contribution in [1.29, 1.82) is 0 Å². The summed E-state index contributed by atoms with van der Waals surface area (Å²) < 4.78 is 54.7. The first kappa shape index (κ1) is 23.0. The van der Waals surface area contributed by atoms with Gasteiger partial charge < -0.3 is 15.5 Å². The van der Waals surface area contributed by atoms with Crippen LogP contribution in [-0.2, 0) is 16.6 Å². The molecule has 4 aromatic rings. The molecule has 35 heavy (non-hydrogen) atoms. The summed E-state index contributed by atoms with van der Waals surface area (Å²) in [6, 6.07) is 3.93. The number of anilines is 2. The second kappa shape index (κ2) is 7.87. The van der Waals surface area contributed by atoms with Gasteiger partial charge in [0.25, 0.3) is 0 Å². The summed E-state index contributed by atoms with van der Waals surface area (Å²) in [7, 11) is 0. The molecule has 1 unspecified atom stereocenters. The van der Waals surface area contributed by atoms with Gasteiger partial charge in [-0.2, -0.15) is 13.2 Å². The summed E-state index contributed by atoms with van der Waals surface area (Å²) in [5, 5.41) is 2.77. The van der Waals surface area contributed by atoms with Crippen molar-refractivity contribution in [2.45, 2.75) is 31.4 Å². The summed E-state index contributed by atoms with van der Waals surface area (Å²) in [6.45, 7) is 1.49. The van der Waals surface area contributed by atoms with Gasteiger partial charge in [0.2, 0.25) is 5.91 Å². The molecule has 0 aliphatic carbocycles. The predicted molar refractivity (Wildman–Crippen MR) is 119 cm³/mol. The first-order chi connectivity index (χ1) is 16.5. The Morgan fingerprint density at radius 3 is 2.71 bits per heavy atom. The van der Waals surface area contributed by atoms with E-state index in [2.05, 4.69) is 25.3 Å². The third-order valence-corrected chi connectivity index (χ3v) is 6.15. The zero-order valence-electron chi connectivity index (χ0n) is 18.0. The number of carbonyl (C=O) groups is 1. The highest BCUT2D eigenvalue weighted by Crippen LogP contribution is 2.46. The maximum atomic E-state index is 14.8. The van der Waals surface area contributed by atoms with Crippen LogP contribution in [0.4, 0.5) is 29.2 Å². The first-order valence-corrected chi connectivity index (χ1v) is 10.7. The molecule has 3 N–H and O–H groups in total. The second-order valence-electron chi connectivity index (χ2n) is 8.21. The number of amides is 1. The van der Waals surface area contributed by atoms with Gasteiger partial charge in [0.05, 0.1) is 11.3 Å². The molecule has 3 aromatic heterocycles. The van der Waals surface area contributed by atoms with E-state index in [1.165, 1.54) is 35.9 Å². The highest BCUT2D eigenvalue weighted by molar-refractivity contribution is 6.30. The number of nitrogen functional groups attached to an aromatic ring is 1. The SMILES string of the molecule is CC1(c2ccc(Cl)cc2F)C(=O)Nc2nc(-c3cn4ccnc4c(CCC(F)(F)F)n3)nc(N)c21. The molecule has 4 heterocycles. The molecule has 0 spiro atoms. The second-order valence-corrected chi connectivity index (χ2v) is 8.64. The van der Waals surface area contributed by atoms with Gasteiger partial charge in [-0.05, 0) is 19.1 Å². The maximum Gasteiger partial charge on any atom is 0.389 e. The van der Waals surface area contributed by atoms with Gasteiger partial charge in [-0.1, -0.05) is 17.7 Å². The lowest BCUT2D eigenvalue weighted by atomic mass is 9.77. The number of carbonyl (C=O) groups excluding carboxylic acids is 1.